The Morgan fingerprint density at radius 3 is 2.68 bits per heavy atom. The van der Waals surface area contributed by atoms with Crippen LogP contribution in [0.2, 0.25) is 0 Å². The normalized spacial score (nSPS) is 11.3. The van der Waals surface area contributed by atoms with E-state index < -0.39 is 0 Å². The first kappa shape index (κ1) is 16.0. The summed E-state index contributed by atoms with van der Waals surface area (Å²) >= 11 is 4.84. The Labute approximate surface area is 119 Å². The van der Waals surface area contributed by atoms with Crippen LogP contribution in [0.25, 0.3) is 0 Å². The molecule has 0 aliphatic heterocycles. The van der Waals surface area contributed by atoms with Gasteiger partial charge < -0.3 is 10.8 Å². The number of thiocarbonyl (C=S) groups is 1. The molecule has 0 fully saturated rings. The summed E-state index contributed by atoms with van der Waals surface area (Å²) in [5.74, 6) is -0.343. The second-order valence-corrected chi connectivity index (χ2v) is 5.22. The molecule has 106 valence electrons. The standard InChI is InChI=1S/C14H21FN2OS/c1-10(2)17(7-4-8-18)9-11-5-3-6-12(13(11)15)14(16)19/h3,5-6,10,18H,4,7-9H2,1-2H3,(H2,16,19). The lowest BCUT2D eigenvalue weighted by Gasteiger charge is -2.26. The first-order valence-electron chi connectivity index (χ1n) is 6.39. The number of rotatable bonds is 7. The molecular formula is C14H21FN2OS. The summed E-state index contributed by atoms with van der Waals surface area (Å²) in [7, 11) is 0. The predicted molar refractivity (Wildman–Crippen MR) is 79.5 cm³/mol. The van der Waals surface area contributed by atoms with Crippen molar-refractivity contribution in [3.63, 3.8) is 0 Å². The molecule has 19 heavy (non-hydrogen) atoms. The van der Waals surface area contributed by atoms with E-state index in [2.05, 4.69) is 4.90 Å². The van der Waals surface area contributed by atoms with Crippen LogP contribution < -0.4 is 5.73 Å². The molecule has 1 aromatic rings. The molecule has 5 heteroatoms. The van der Waals surface area contributed by atoms with Crippen molar-refractivity contribution in [3.8, 4) is 0 Å². The molecule has 0 saturated heterocycles. The third-order valence-corrected chi connectivity index (χ3v) is 3.27. The van der Waals surface area contributed by atoms with Crippen LogP contribution in [0.1, 0.15) is 31.4 Å². The van der Waals surface area contributed by atoms with Crippen molar-refractivity contribution < 1.29 is 9.50 Å². The van der Waals surface area contributed by atoms with E-state index in [1.54, 1.807) is 18.2 Å². The fraction of sp³-hybridized carbons (Fsp3) is 0.500. The van der Waals surface area contributed by atoms with E-state index in [9.17, 15) is 4.39 Å². The van der Waals surface area contributed by atoms with Crippen LogP contribution in [-0.2, 0) is 6.54 Å². The predicted octanol–water partition coefficient (Wildman–Crippen LogP) is 2.05. The number of aliphatic hydroxyl groups excluding tert-OH is 1. The van der Waals surface area contributed by atoms with Crippen molar-refractivity contribution in [2.45, 2.75) is 32.9 Å². The summed E-state index contributed by atoms with van der Waals surface area (Å²) in [4.78, 5) is 2.18. The van der Waals surface area contributed by atoms with Crippen molar-refractivity contribution in [1.29, 1.82) is 0 Å². The average Bonchev–Trinajstić information content (AvgIpc) is 2.35. The van der Waals surface area contributed by atoms with Crippen LogP contribution in [0.5, 0.6) is 0 Å². The largest absolute Gasteiger partial charge is 0.396 e. The summed E-state index contributed by atoms with van der Waals surface area (Å²) in [6.07, 6.45) is 0.675. The third-order valence-electron chi connectivity index (χ3n) is 3.05. The van der Waals surface area contributed by atoms with E-state index in [4.69, 9.17) is 23.1 Å². The van der Waals surface area contributed by atoms with E-state index in [-0.39, 0.29) is 23.5 Å². The quantitative estimate of drug-likeness (QED) is 0.753. The topological polar surface area (TPSA) is 49.5 Å². The fourth-order valence-electron chi connectivity index (χ4n) is 1.90. The lowest BCUT2D eigenvalue weighted by molar-refractivity contribution is 0.183. The second-order valence-electron chi connectivity index (χ2n) is 4.78. The van der Waals surface area contributed by atoms with E-state index in [1.807, 2.05) is 13.8 Å². The van der Waals surface area contributed by atoms with E-state index >= 15 is 0 Å². The van der Waals surface area contributed by atoms with Crippen molar-refractivity contribution >= 4 is 17.2 Å². The van der Waals surface area contributed by atoms with Gasteiger partial charge in [-0.15, -0.1) is 0 Å². The molecule has 0 radical (unpaired) electrons. The Kier molecular flexibility index (Phi) is 6.34. The van der Waals surface area contributed by atoms with Gasteiger partial charge in [-0.25, -0.2) is 4.39 Å². The van der Waals surface area contributed by atoms with E-state index in [0.717, 1.165) is 6.54 Å². The SMILES string of the molecule is CC(C)N(CCCO)Cc1cccc(C(N)=S)c1F. The first-order chi connectivity index (χ1) is 8.97. The highest BCUT2D eigenvalue weighted by Gasteiger charge is 2.15. The maximum atomic E-state index is 14.2. The average molecular weight is 284 g/mol. The summed E-state index contributed by atoms with van der Waals surface area (Å²) in [6, 6.07) is 5.37. The number of aliphatic hydroxyl groups is 1. The number of benzene rings is 1. The highest BCUT2D eigenvalue weighted by molar-refractivity contribution is 7.80. The molecule has 0 saturated carbocycles. The lowest BCUT2D eigenvalue weighted by Crippen LogP contribution is -2.32. The summed E-state index contributed by atoms with van der Waals surface area (Å²) < 4.78 is 14.2. The molecule has 0 aliphatic rings. The van der Waals surface area contributed by atoms with Crippen LogP contribution in [0.15, 0.2) is 18.2 Å². The van der Waals surface area contributed by atoms with Gasteiger partial charge in [-0.1, -0.05) is 24.4 Å². The van der Waals surface area contributed by atoms with E-state index in [0.29, 0.717) is 24.1 Å². The van der Waals surface area contributed by atoms with Crippen molar-refractivity contribution in [2.75, 3.05) is 13.2 Å². The van der Waals surface area contributed by atoms with Gasteiger partial charge in [-0.2, -0.15) is 0 Å². The van der Waals surface area contributed by atoms with Crippen molar-refractivity contribution in [3.05, 3.63) is 35.1 Å². The minimum absolute atomic E-state index is 0.0748. The van der Waals surface area contributed by atoms with Gasteiger partial charge in [0.15, 0.2) is 0 Å². The Bertz CT molecular complexity index is 437. The maximum absolute atomic E-state index is 14.2. The smallest absolute Gasteiger partial charge is 0.137 e. The van der Waals surface area contributed by atoms with Crippen molar-refractivity contribution in [2.24, 2.45) is 5.73 Å². The lowest BCUT2D eigenvalue weighted by atomic mass is 10.1. The number of hydrogen-bond donors (Lipinski definition) is 2. The van der Waals surface area contributed by atoms with Crippen LogP contribution >= 0.6 is 12.2 Å². The molecule has 0 spiro atoms. The van der Waals surface area contributed by atoms with Gasteiger partial charge in [-0.05, 0) is 26.3 Å². The van der Waals surface area contributed by atoms with Gasteiger partial charge in [0.05, 0.1) is 0 Å². The van der Waals surface area contributed by atoms with E-state index in [1.165, 1.54) is 0 Å². The fourth-order valence-corrected chi connectivity index (χ4v) is 2.06. The van der Waals surface area contributed by atoms with Crippen LogP contribution in [0, 0.1) is 5.82 Å². The van der Waals surface area contributed by atoms with Gasteiger partial charge in [0.2, 0.25) is 0 Å². The number of nitrogens with two attached hydrogens (primary N) is 1. The monoisotopic (exact) mass is 284 g/mol. The molecule has 0 aliphatic carbocycles. The van der Waals surface area contributed by atoms with Gasteiger partial charge in [0.1, 0.15) is 10.8 Å². The number of halogens is 1. The Morgan fingerprint density at radius 1 is 1.47 bits per heavy atom. The summed E-state index contributed by atoms with van der Waals surface area (Å²) in [5, 5.41) is 8.90. The van der Waals surface area contributed by atoms with Gasteiger partial charge >= 0.3 is 0 Å². The molecule has 1 rings (SSSR count). The van der Waals surface area contributed by atoms with Crippen molar-refractivity contribution in [1.82, 2.24) is 4.90 Å². The molecule has 0 bridgehead atoms. The molecule has 3 nitrogen and oxygen atoms in total. The molecular weight excluding hydrogens is 263 g/mol. The van der Waals surface area contributed by atoms with Crippen LogP contribution in [0.3, 0.4) is 0 Å². The highest BCUT2D eigenvalue weighted by Crippen LogP contribution is 2.16. The van der Waals surface area contributed by atoms with Crippen LogP contribution in [-0.4, -0.2) is 34.2 Å². The summed E-state index contributed by atoms with van der Waals surface area (Å²) in [5.41, 5.74) is 6.37. The Morgan fingerprint density at radius 2 is 2.16 bits per heavy atom. The molecule has 0 unspecified atom stereocenters. The molecule has 0 atom stereocenters. The molecule has 0 amide bonds. The zero-order valence-corrected chi connectivity index (χ0v) is 12.2. The molecule has 3 N–H and O–H groups in total. The third kappa shape index (κ3) is 4.53. The summed E-state index contributed by atoms with van der Waals surface area (Å²) in [6.45, 7) is 5.45. The molecule has 0 aromatic heterocycles. The number of hydrogen-bond acceptors (Lipinski definition) is 3. The van der Waals surface area contributed by atoms with Crippen LogP contribution in [0.4, 0.5) is 4.39 Å². The van der Waals surface area contributed by atoms with Gasteiger partial charge in [0, 0.05) is 36.9 Å². The second kappa shape index (κ2) is 7.53. The molecule has 0 heterocycles. The zero-order chi connectivity index (χ0) is 14.4. The number of nitrogens with zero attached hydrogens (tertiary/aromatic N) is 1. The van der Waals surface area contributed by atoms with Gasteiger partial charge in [0.25, 0.3) is 0 Å². The Hall–Kier alpha value is -1.04. The zero-order valence-electron chi connectivity index (χ0n) is 11.4. The maximum Gasteiger partial charge on any atom is 0.137 e. The highest BCUT2D eigenvalue weighted by atomic mass is 32.1. The van der Waals surface area contributed by atoms with Gasteiger partial charge in [-0.3, -0.25) is 4.90 Å². The Balaban J connectivity index is 2.90. The minimum Gasteiger partial charge on any atom is -0.396 e. The molecule has 1 aromatic carbocycles. The minimum atomic E-state index is -0.343. The first-order valence-corrected chi connectivity index (χ1v) is 6.80.